The standard InChI is InChI=1S/C10H7N3O3/c14-11-6-8-2-1-7-5-9(13(15)16)3-4-10(7)12-8/h1-6,14H. The van der Waals surface area contributed by atoms with Crippen molar-refractivity contribution in [2.45, 2.75) is 0 Å². The summed E-state index contributed by atoms with van der Waals surface area (Å²) in [7, 11) is 0. The Hall–Kier alpha value is -2.50. The maximum absolute atomic E-state index is 10.5. The van der Waals surface area contributed by atoms with Crippen LogP contribution in [0.2, 0.25) is 0 Å². The van der Waals surface area contributed by atoms with Gasteiger partial charge in [-0.25, -0.2) is 4.98 Å². The van der Waals surface area contributed by atoms with Crippen LogP contribution in [0.1, 0.15) is 5.69 Å². The van der Waals surface area contributed by atoms with Crippen molar-refractivity contribution in [3.8, 4) is 0 Å². The minimum absolute atomic E-state index is 0.0258. The molecule has 0 amide bonds. The molecule has 6 heteroatoms. The molecule has 1 aromatic heterocycles. The normalized spacial score (nSPS) is 11.0. The zero-order valence-corrected chi connectivity index (χ0v) is 8.07. The van der Waals surface area contributed by atoms with E-state index in [2.05, 4.69) is 10.1 Å². The van der Waals surface area contributed by atoms with Crippen LogP contribution in [0.3, 0.4) is 0 Å². The molecule has 6 nitrogen and oxygen atoms in total. The number of hydrogen-bond acceptors (Lipinski definition) is 5. The van der Waals surface area contributed by atoms with E-state index >= 15 is 0 Å². The molecule has 1 N–H and O–H groups in total. The van der Waals surface area contributed by atoms with E-state index in [0.29, 0.717) is 16.6 Å². The largest absolute Gasteiger partial charge is 0.411 e. The van der Waals surface area contributed by atoms with Crippen LogP contribution in [0, 0.1) is 10.1 Å². The molecule has 0 fully saturated rings. The fraction of sp³-hybridized carbons (Fsp3) is 0. The summed E-state index contributed by atoms with van der Waals surface area (Å²) >= 11 is 0. The van der Waals surface area contributed by atoms with Gasteiger partial charge in [-0.2, -0.15) is 0 Å². The molecule has 0 spiro atoms. The van der Waals surface area contributed by atoms with Crippen LogP contribution in [0.5, 0.6) is 0 Å². The molecule has 2 rings (SSSR count). The number of fused-ring (bicyclic) bond motifs is 1. The average molecular weight is 217 g/mol. The Morgan fingerprint density at radius 1 is 1.38 bits per heavy atom. The molecule has 0 atom stereocenters. The van der Waals surface area contributed by atoms with E-state index in [1.54, 1.807) is 18.2 Å². The second kappa shape index (κ2) is 3.93. The van der Waals surface area contributed by atoms with Crippen molar-refractivity contribution in [1.29, 1.82) is 0 Å². The summed E-state index contributed by atoms with van der Waals surface area (Å²) in [5.41, 5.74) is 1.13. The Balaban J connectivity index is 2.56. The van der Waals surface area contributed by atoms with Crippen LogP contribution in [0.25, 0.3) is 10.9 Å². The first-order chi connectivity index (χ1) is 7.70. The van der Waals surface area contributed by atoms with Gasteiger partial charge in [-0.3, -0.25) is 10.1 Å². The van der Waals surface area contributed by atoms with Crippen LogP contribution in [-0.2, 0) is 0 Å². The first kappa shape index (κ1) is 10.0. The van der Waals surface area contributed by atoms with Crippen molar-refractivity contribution in [1.82, 2.24) is 4.98 Å². The molecule has 1 heterocycles. The highest BCUT2D eigenvalue weighted by Crippen LogP contribution is 2.19. The topological polar surface area (TPSA) is 88.6 Å². The molecule has 0 aliphatic heterocycles. The quantitative estimate of drug-likeness (QED) is 0.360. The first-order valence-electron chi connectivity index (χ1n) is 4.43. The van der Waals surface area contributed by atoms with Crippen molar-refractivity contribution in [2.75, 3.05) is 0 Å². The Morgan fingerprint density at radius 3 is 2.88 bits per heavy atom. The maximum atomic E-state index is 10.5. The number of benzene rings is 1. The minimum atomic E-state index is -0.456. The van der Waals surface area contributed by atoms with Crippen LogP contribution in [-0.4, -0.2) is 21.3 Å². The predicted molar refractivity (Wildman–Crippen MR) is 57.8 cm³/mol. The van der Waals surface area contributed by atoms with Gasteiger partial charge in [0.2, 0.25) is 0 Å². The van der Waals surface area contributed by atoms with E-state index < -0.39 is 4.92 Å². The van der Waals surface area contributed by atoms with Crippen molar-refractivity contribution < 1.29 is 10.1 Å². The molecule has 16 heavy (non-hydrogen) atoms. The van der Waals surface area contributed by atoms with Crippen molar-refractivity contribution in [2.24, 2.45) is 5.16 Å². The summed E-state index contributed by atoms with van der Waals surface area (Å²) < 4.78 is 0. The van der Waals surface area contributed by atoms with Gasteiger partial charge in [-0.15, -0.1) is 0 Å². The van der Waals surface area contributed by atoms with Crippen molar-refractivity contribution in [3.63, 3.8) is 0 Å². The van der Waals surface area contributed by atoms with Gasteiger partial charge in [0.1, 0.15) is 0 Å². The third kappa shape index (κ3) is 1.81. The van der Waals surface area contributed by atoms with Crippen LogP contribution >= 0.6 is 0 Å². The third-order valence-corrected chi connectivity index (χ3v) is 2.10. The van der Waals surface area contributed by atoms with Gasteiger partial charge in [0.05, 0.1) is 22.3 Å². The van der Waals surface area contributed by atoms with Crippen LogP contribution in [0.15, 0.2) is 35.5 Å². The highest BCUT2D eigenvalue weighted by molar-refractivity contribution is 5.86. The molecule has 2 aromatic rings. The molecular formula is C10H7N3O3. The van der Waals surface area contributed by atoms with Gasteiger partial charge in [0.25, 0.3) is 5.69 Å². The van der Waals surface area contributed by atoms with Crippen molar-refractivity contribution in [3.05, 3.63) is 46.1 Å². The lowest BCUT2D eigenvalue weighted by Gasteiger charge is -1.98. The number of aromatic nitrogens is 1. The highest BCUT2D eigenvalue weighted by atomic mass is 16.6. The molecule has 0 saturated carbocycles. The molecule has 0 saturated heterocycles. The molecule has 0 aliphatic carbocycles. The molecule has 0 radical (unpaired) electrons. The number of nitro groups is 1. The lowest BCUT2D eigenvalue weighted by atomic mass is 10.2. The smallest absolute Gasteiger partial charge is 0.270 e. The lowest BCUT2D eigenvalue weighted by Crippen LogP contribution is -1.91. The van der Waals surface area contributed by atoms with Gasteiger partial charge in [0, 0.05) is 17.5 Å². The number of nitro benzene ring substituents is 1. The maximum Gasteiger partial charge on any atom is 0.270 e. The summed E-state index contributed by atoms with van der Waals surface area (Å²) in [6, 6.07) is 7.69. The Morgan fingerprint density at radius 2 is 2.19 bits per heavy atom. The Bertz CT molecular complexity index is 581. The lowest BCUT2D eigenvalue weighted by molar-refractivity contribution is -0.384. The molecule has 1 aromatic carbocycles. The second-order valence-corrected chi connectivity index (χ2v) is 3.11. The zero-order chi connectivity index (χ0) is 11.5. The third-order valence-electron chi connectivity index (χ3n) is 2.10. The Labute approximate surface area is 90.0 Å². The van der Waals surface area contributed by atoms with Crippen LogP contribution < -0.4 is 0 Å². The van der Waals surface area contributed by atoms with Gasteiger partial charge < -0.3 is 5.21 Å². The average Bonchev–Trinajstić information content (AvgIpc) is 2.28. The molecule has 0 aliphatic rings. The van der Waals surface area contributed by atoms with E-state index in [-0.39, 0.29) is 5.69 Å². The van der Waals surface area contributed by atoms with Gasteiger partial charge in [-0.1, -0.05) is 11.2 Å². The number of hydrogen-bond donors (Lipinski definition) is 1. The summed E-state index contributed by atoms with van der Waals surface area (Å²) in [5, 5.41) is 22.4. The second-order valence-electron chi connectivity index (χ2n) is 3.11. The zero-order valence-electron chi connectivity index (χ0n) is 8.07. The summed E-state index contributed by atoms with van der Waals surface area (Å²) in [4.78, 5) is 14.2. The SMILES string of the molecule is O=[N+]([O-])c1ccc2nc(C=NO)ccc2c1. The van der Waals surface area contributed by atoms with E-state index in [1.807, 2.05) is 0 Å². The van der Waals surface area contributed by atoms with E-state index in [0.717, 1.165) is 0 Å². The van der Waals surface area contributed by atoms with Gasteiger partial charge in [-0.05, 0) is 12.1 Å². The Kier molecular flexibility index (Phi) is 2.47. The number of non-ortho nitro benzene ring substituents is 1. The number of nitrogens with zero attached hydrogens (tertiary/aromatic N) is 3. The monoisotopic (exact) mass is 217 g/mol. The molecular weight excluding hydrogens is 210 g/mol. The summed E-state index contributed by atoms with van der Waals surface area (Å²) in [5.74, 6) is 0. The fourth-order valence-corrected chi connectivity index (χ4v) is 1.37. The molecule has 0 unspecified atom stereocenters. The van der Waals surface area contributed by atoms with E-state index in [9.17, 15) is 10.1 Å². The number of rotatable bonds is 2. The number of oxime groups is 1. The summed E-state index contributed by atoms with van der Waals surface area (Å²) in [6.07, 6.45) is 1.20. The fourth-order valence-electron chi connectivity index (χ4n) is 1.37. The first-order valence-corrected chi connectivity index (χ1v) is 4.43. The summed E-state index contributed by atoms with van der Waals surface area (Å²) in [6.45, 7) is 0. The van der Waals surface area contributed by atoms with Gasteiger partial charge in [0.15, 0.2) is 0 Å². The minimum Gasteiger partial charge on any atom is -0.411 e. The molecule has 80 valence electrons. The number of pyridine rings is 1. The van der Waals surface area contributed by atoms with Gasteiger partial charge >= 0.3 is 0 Å². The van der Waals surface area contributed by atoms with E-state index in [1.165, 1.54) is 18.3 Å². The molecule has 0 bridgehead atoms. The highest BCUT2D eigenvalue weighted by Gasteiger charge is 2.06. The van der Waals surface area contributed by atoms with Crippen molar-refractivity contribution >= 4 is 22.8 Å². The van der Waals surface area contributed by atoms with E-state index in [4.69, 9.17) is 5.21 Å². The predicted octanol–water partition coefficient (Wildman–Crippen LogP) is 1.95. The van der Waals surface area contributed by atoms with Crippen LogP contribution in [0.4, 0.5) is 5.69 Å².